The molecule has 0 atom stereocenters. The topological polar surface area (TPSA) is 0 Å². The fourth-order valence-corrected chi connectivity index (χ4v) is 2.21. The molecular formula is C16H13. The monoisotopic (exact) mass is 205 g/mol. The van der Waals surface area contributed by atoms with Gasteiger partial charge in [0.1, 0.15) is 0 Å². The molecule has 0 fully saturated rings. The molecule has 0 aromatic heterocycles. The first-order valence-corrected chi connectivity index (χ1v) is 5.50. The summed E-state index contributed by atoms with van der Waals surface area (Å²) >= 11 is 0. The first-order chi connectivity index (χ1) is 7.75. The molecule has 0 aliphatic carbocycles. The molecule has 1 radical (unpaired) electrons. The van der Waals surface area contributed by atoms with Crippen molar-refractivity contribution in [3.05, 3.63) is 66.6 Å². The van der Waals surface area contributed by atoms with E-state index in [0.29, 0.717) is 0 Å². The van der Waals surface area contributed by atoms with E-state index in [-0.39, 0.29) is 0 Å². The summed E-state index contributed by atoms with van der Waals surface area (Å²) in [5.41, 5.74) is 2.39. The predicted molar refractivity (Wildman–Crippen MR) is 70.7 cm³/mol. The highest BCUT2D eigenvalue weighted by Crippen LogP contribution is 2.26. The molecule has 0 heterocycles. The zero-order chi connectivity index (χ0) is 11.1. The van der Waals surface area contributed by atoms with Gasteiger partial charge in [0.05, 0.1) is 0 Å². The molecule has 0 heteroatoms. The van der Waals surface area contributed by atoms with Gasteiger partial charge >= 0.3 is 0 Å². The zero-order valence-electron chi connectivity index (χ0n) is 9.33. The Morgan fingerprint density at radius 1 is 0.812 bits per heavy atom. The average molecular weight is 205 g/mol. The minimum Gasteiger partial charge on any atom is -0.0616 e. The Kier molecular flexibility index (Phi) is 1.97. The summed E-state index contributed by atoms with van der Waals surface area (Å²) in [5, 5.41) is 5.20. The lowest BCUT2D eigenvalue weighted by Gasteiger charge is -2.07. The molecule has 77 valence electrons. The van der Waals surface area contributed by atoms with Crippen molar-refractivity contribution in [3.8, 4) is 0 Å². The van der Waals surface area contributed by atoms with Gasteiger partial charge in [0.2, 0.25) is 0 Å². The smallest absolute Gasteiger partial charge is 0.0146 e. The Morgan fingerprint density at radius 2 is 1.50 bits per heavy atom. The molecule has 0 amide bonds. The van der Waals surface area contributed by atoms with E-state index in [9.17, 15) is 0 Å². The van der Waals surface area contributed by atoms with Crippen LogP contribution < -0.4 is 0 Å². The maximum Gasteiger partial charge on any atom is -0.0146 e. The van der Waals surface area contributed by atoms with Crippen molar-refractivity contribution >= 4 is 21.5 Å². The lowest BCUT2D eigenvalue weighted by Crippen LogP contribution is -1.84. The maximum absolute atomic E-state index is 4.05. The lowest BCUT2D eigenvalue weighted by molar-refractivity contribution is 1.47. The molecule has 0 aliphatic rings. The fraction of sp³-hybridized carbons (Fsp3) is 0.0625. The molecule has 3 rings (SSSR count). The Hall–Kier alpha value is -1.82. The van der Waals surface area contributed by atoms with Gasteiger partial charge in [0.25, 0.3) is 0 Å². The van der Waals surface area contributed by atoms with Gasteiger partial charge in [0.15, 0.2) is 0 Å². The first kappa shape index (κ1) is 9.41. The van der Waals surface area contributed by atoms with Crippen LogP contribution in [0.2, 0.25) is 0 Å². The Bertz CT molecular complexity index is 678. The van der Waals surface area contributed by atoms with Crippen LogP contribution in [-0.4, -0.2) is 0 Å². The van der Waals surface area contributed by atoms with E-state index in [1.807, 2.05) is 0 Å². The normalized spacial score (nSPS) is 11.1. The van der Waals surface area contributed by atoms with Gasteiger partial charge in [0, 0.05) is 0 Å². The Morgan fingerprint density at radius 3 is 2.25 bits per heavy atom. The van der Waals surface area contributed by atoms with Crippen molar-refractivity contribution in [1.82, 2.24) is 0 Å². The van der Waals surface area contributed by atoms with Crippen LogP contribution in [0.4, 0.5) is 0 Å². The average Bonchev–Trinajstić information content (AvgIpc) is 2.32. The molecule has 0 aliphatic heterocycles. The first-order valence-electron chi connectivity index (χ1n) is 5.50. The van der Waals surface area contributed by atoms with Gasteiger partial charge in [-0.05, 0) is 58.7 Å². The van der Waals surface area contributed by atoms with E-state index >= 15 is 0 Å². The van der Waals surface area contributed by atoms with Crippen molar-refractivity contribution in [3.63, 3.8) is 0 Å². The quantitative estimate of drug-likeness (QED) is 0.474. The number of aryl methyl sites for hydroxylation is 1. The second kappa shape index (κ2) is 3.34. The highest BCUT2D eigenvalue weighted by Gasteiger charge is 2.02. The van der Waals surface area contributed by atoms with Gasteiger partial charge < -0.3 is 0 Å². The highest BCUT2D eigenvalue weighted by molar-refractivity contribution is 5.99. The molecule has 0 bridgehead atoms. The van der Waals surface area contributed by atoms with Gasteiger partial charge in [-0.2, -0.15) is 0 Å². The van der Waals surface area contributed by atoms with Crippen molar-refractivity contribution in [2.24, 2.45) is 0 Å². The summed E-state index contributed by atoms with van der Waals surface area (Å²) in [7, 11) is 0. The second-order valence-corrected chi connectivity index (χ2v) is 4.27. The van der Waals surface area contributed by atoms with Crippen LogP contribution in [-0.2, 0) is 0 Å². The number of benzene rings is 3. The van der Waals surface area contributed by atoms with E-state index in [1.54, 1.807) is 0 Å². The van der Waals surface area contributed by atoms with Gasteiger partial charge in [-0.3, -0.25) is 0 Å². The van der Waals surface area contributed by atoms with Gasteiger partial charge in [-0.15, -0.1) is 0 Å². The molecule has 0 saturated heterocycles. The third-order valence-corrected chi connectivity index (χ3v) is 3.27. The van der Waals surface area contributed by atoms with Gasteiger partial charge in [-0.25, -0.2) is 0 Å². The number of rotatable bonds is 0. The molecule has 3 aromatic rings. The Balaban J connectivity index is 2.51. The summed E-state index contributed by atoms with van der Waals surface area (Å²) in [6, 6.07) is 17.2. The third-order valence-electron chi connectivity index (χ3n) is 3.27. The number of fused-ring (bicyclic) bond motifs is 2. The minimum absolute atomic E-state index is 1.11. The number of hydrogen-bond donors (Lipinski definition) is 0. The van der Waals surface area contributed by atoms with E-state index in [4.69, 9.17) is 0 Å². The van der Waals surface area contributed by atoms with Crippen molar-refractivity contribution in [1.29, 1.82) is 0 Å². The van der Waals surface area contributed by atoms with Crippen LogP contribution in [0.25, 0.3) is 21.5 Å². The van der Waals surface area contributed by atoms with E-state index in [0.717, 1.165) is 5.56 Å². The summed E-state index contributed by atoms with van der Waals surface area (Å²) in [4.78, 5) is 0. The van der Waals surface area contributed by atoms with Crippen molar-refractivity contribution < 1.29 is 0 Å². The zero-order valence-corrected chi connectivity index (χ0v) is 9.33. The van der Waals surface area contributed by atoms with Crippen molar-refractivity contribution in [2.75, 3.05) is 0 Å². The summed E-state index contributed by atoms with van der Waals surface area (Å²) in [5.74, 6) is 0. The van der Waals surface area contributed by atoms with Crippen LogP contribution in [0, 0.1) is 13.8 Å². The summed E-state index contributed by atoms with van der Waals surface area (Å²) in [6.07, 6.45) is 0. The van der Waals surface area contributed by atoms with E-state index in [1.165, 1.54) is 27.1 Å². The molecule has 0 nitrogen and oxygen atoms in total. The summed E-state index contributed by atoms with van der Waals surface area (Å²) < 4.78 is 0. The predicted octanol–water partition coefficient (Wildman–Crippen LogP) is 4.48. The van der Waals surface area contributed by atoms with E-state index in [2.05, 4.69) is 62.4 Å². The SMILES string of the molecule is [CH2]c1ccc2cc3ccccc3cc2c1C. The lowest BCUT2D eigenvalue weighted by atomic mass is 9.97. The molecular weight excluding hydrogens is 192 g/mol. The Labute approximate surface area is 95.5 Å². The molecule has 0 spiro atoms. The number of hydrogen-bond acceptors (Lipinski definition) is 0. The standard InChI is InChI=1S/C16H13/c1-11-7-8-15-9-13-5-3-4-6-14(13)10-16(15)12(11)2/h3-10H,1H2,2H3. The summed E-state index contributed by atoms with van der Waals surface area (Å²) in [6.45, 7) is 6.19. The molecule has 16 heavy (non-hydrogen) atoms. The van der Waals surface area contributed by atoms with Crippen LogP contribution >= 0.6 is 0 Å². The third kappa shape index (κ3) is 1.30. The molecule has 0 saturated carbocycles. The fourth-order valence-electron chi connectivity index (χ4n) is 2.21. The van der Waals surface area contributed by atoms with Crippen LogP contribution in [0.1, 0.15) is 11.1 Å². The molecule has 3 aromatic carbocycles. The largest absolute Gasteiger partial charge is 0.0616 e. The van der Waals surface area contributed by atoms with Crippen molar-refractivity contribution in [2.45, 2.75) is 6.92 Å². The molecule has 0 unspecified atom stereocenters. The molecule has 0 N–H and O–H groups in total. The van der Waals surface area contributed by atoms with Crippen LogP contribution in [0.15, 0.2) is 48.5 Å². The highest BCUT2D eigenvalue weighted by atomic mass is 14.1. The maximum atomic E-state index is 4.05. The second-order valence-electron chi connectivity index (χ2n) is 4.27. The van der Waals surface area contributed by atoms with Crippen LogP contribution in [0.5, 0.6) is 0 Å². The van der Waals surface area contributed by atoms with E-state index < -0.39 is 0 Å². The van der Waals surface area contributed by atoms with Gasteiger partial charge in [-0.1, -0.05) is 36.4 Å². The minimum atomic E-state index is 1.11. The van der Waals surface area contributed by atoms with Crippen LogP contribution in [0.3, 0.4) is 0 Å².